The highest BCUT2D eigenvalue weighted by molar-refractivity contribution is 7.13. The van der Waals surface area contributed by atoms with E-state index in [1.54, 1.807) is 18.4 Å². The van der Waals surface area contributed by atoms with Gasteiger partial charge in [0.1, 0.15) is 5.69 Å². The fourth-order valence-corrected chi connectivity index (χ4v) is 5.54. The molecule has 1 aliphatic heterocycles. The lowest BCUT2D eigenvalue weighted by molar-refractivity contribution is 0.0512. The fourth-order valence-electron chi connectivity index (χ4n) is 4.75. The van der Waals surface area contributed by atoms with Gasteiger partial charge in [-0.05, 0) is 88.3 Å². The molecule has 0 amide bonds. The van der Waals surface area contributed by atoms with Crippen LogP contribution in [0.15, 0.2) is 29.6 Å². The summed E-state index contributed by atoms with van der Waals surface area (Å²) < 4.78 is 19.5. The average Bonchev–Trinajstić information content (AvgIpc) is 3.44. The van der Waals surface area contributed by atoms with E-state index in [4.69, 9.17) is 14.2 Å². The predicted octanol–water partition coefficient (Wildman–Crippen LogP) is 5.56. The van der Waals surface area contributed by atoms with Crippen LogP contribution in [0, 0.1) is 0 Å². The summed E-state index contributed by atoms with van der Waals surface area (Å²) in [5, 5.41) is 5.32. The minimum Gasteiger partial charge on any atom is -0.493 e. The van der Waals surface area contributed by atoms with E-state index >= 15 is 0 Å². The number of fused-ring (bicyclic) bond motifs is 3. The zero-order valence-corrected chi connectivity index (χ0v) is 21.5. The Morgan fingerprint density at radius 3 is 2.74 bits per heavy atom. The van der Waals surface area contributed by atoms with Gasteiger partial charge in [-0.25, -0.2) is 4.79 Å². The van der Waals surface area contributed by atoms with Crippen LogP contribution in [0.25, 0.3) is 21.7 Å². The number of ether oxygens (including phenoxy) is 3. The number of rotatable bonds is 10. The minimum absolute atomic E-state index is 0.0197. The van der Waals surface area contributed by atoms with Crippen LogP contribution < -0.4 is 14.8 Å². The molecule has 1 aliphatic rings. The summed E-state index contributed by atoms with van der Waals surface area (Å²) in [6.45, 7) is 7.83. The Labute approximate surface area is 205 Å². The minimum atomic E-state index is -0.248. The van der Waals surface area contributed by atoms with Crippen molar-refractivity contribution in [1.82, 2.24) is 9.88 Å². The summed E-state index contributed by atoms with van der Waals surface area (Å²) in [5.41, 5.74) is 6.26. The van der Waals surface area contributed by atoms with Crippen molar-refractivity contribution in [3.8, 4) is 33.2 Å². The smallest absolute Gasteiger partial charge is 0.355 e. The molecule has 0 spiro atoms. The van der Waals surface area contributed by atoms with Gasteiger partial charge in [0.25, 0.3) is 0 Å². The second kappa shape index (κ2) is 10.7. The molecule has 4 rings (SSSR count). The zero-order chi connectivity index (χ0) is 24.2. The van der Waals surface area contributed by atoms with Crippen LogP contribution in [0.4, 0.5) is 0 Å². The number of carbonyl (C=O) groups excluding carboxylic acids is 1. The lowest BCUT2D eigenvalue weighted by atomic mass is 9.93. The molecule has 0 atom stereocenters. The maximum atomic E-state index is 13.3. The van der Waals surface area contributed by atoms with Gasteiger partial charge in [-0.1, -0.05) is 6.07 Å². The fraction of sp³-hybridized carbons (Fsp3) is 0.444. The number of aryl methyl sites for hydroxylation is 1. The van der Waals surface area contributed by atoms with E-state index in [1.807, 2.05) is 27.8 Å². The number of nitrogens with one attached hydrogen (secondary N) is 1. The Balaban J connectivity index is 2.00. The standard InChI is InChI=1S/C27H34N2O4S/c1-6-32-27(30)26-19(9-7-12-28-4)24(23-10-8-14-34-23)25-20-16-22(33-17(2)3)21(31-5)15-18(20)11-13-29(25)26/h8,10,14-17,28H,6-7,9,11-13H2,1-5H3. The first-order valence-corrected chi connectivity index (χ1v) is 12.9. The molecular formula is C27H34N2O4S. The molecular weight excluding hydrogens is 448 g/mol. The van der Waals surface area contributed by atoms with Crippen molar-refractivity contribution in [1.29, 1.82) is 0 Å². The van der Waals surface area contributed by atoms with Gasteiger partial charge in [-0.3, -0.25) is 0 Å². The molecule has 0 saturated heterocycles. The third-order valence-corrected chi connectivity index (χ3v) is 6.95. The molecule has 0 unspecified atom stereocenters. The van der Waals surface area contributed by atoms with Crippen LogP contribution >= 0.6 is 11.3 Å². The number of benzene rings is 1. The third kappa shape index (κ3) is 4.59. The largest absolute Gasteiger partial charge is 0.493 e. The number of hydrogen-bond donors (Lipinski definition) is 1. The van der Waals surface area contributed by atoms with Gasteiger partial charge in [-0.2, -0.15) is 0 Å². The van der Waals surface area contributed by atoms with E-state index in [0.29, 0.717) is 18.8 Å². The normalized spacial score (nSPS) is 12.4. The van der Waals surface area contributed by atoms with E-state index in [2.05, 4.69) is 39.5 Å². The second-order valence-electron chi connectivity index (χ2n) is 8.68. The van der Waals surface area contributed by atoms with Crippen LogP contribution in [0.2, 0.25) is 0 Å². The highest BCUT2D eigenvalue weighted by Crippen LogP contribution is 2.47. The molecule has 0 fully saturated rings. The maximum Gasteiger partial charge on any atom is 0.355 e. The predicted molar refractivity (Wildman–Crippen MR) is 137 cm³/mol. The summed E-state index contributed by atoms with van der Waals surface area (Å²) in [6, 6.07) is 8.38. The van der Waals surface area contributed by atoms with E-state index in [-0.39, 0.29) is 12.1 Å². The Kier molecular flexibility index (Phi) is 7.63. The number of nitrogens with zero attached hydrogens (tertiary/aromatic N) is 1. The van der Waals surface area contributed by atoms with Gasteiger partial charge in [0.15, 0.2) is 11.5 Å². The first-order valence-electron chi connectivity index (χ1n) is 12.0. The number of esters is 1. The van der Waals surface area contributed by atoms with Gasteiger partial charge >= 0.3 is 5.97 Å². The van der Waals surface area contributed by atoms with Gasteiger partial charge in [0.05, 0.1) is 25.5 Å². The highest BCUT2D eigenvalue weighted by atomic mass is 32.1. The summed E-state index contributed by atoms with van der Waals surface area (Å²) in [6.07, 6.45) is 2.55. The van der Waals surface area contributed by atoms with Crippen LogP contribution in [0.3, 0.4) is 0 Å². The molecule has 1 N–H and O–H groups in total. The number of thiophene rings is 1. The first kappa shape index (κ1) is 24.4. The molecule has 0 radical (unpaired) electrons. The van der Waals surface area contributed by atoms with Gasteiger partial charge in [-0.15, -0.1) is 11.3 Å². The van der Waals surface area contributed by atoms with Crippen molar-refractivity contribution < 1.29 is 19.0 Å². The van der Waals surface area contributed by atoms with E-state index in [1.165, 1.54) is 5.56 Å². The number of methoxy groups -OCH3 is 1. The average molecular weight is 483 g/mol. The third-order valence-electron chi connectivity index (χ3n) is 6.07. The van der Waals surface area contributed by atoms with E-state index in [9.17, 15) is 4.79 Å². The number of aromatic nitrogens is 1. The molecule has 34 heavy (non-hydrogen) atoms. The van der Waals surface area contributed by atoms with Crippen molar-refractivity contribution in [3.63, 3.8) is 0 Å². The van der Waals surface area contributed by atoms with Gasteiger partial charge < -0.3 is 24.1 Å². The van der Waals surface area contributed by atoms with E-state index in [0.717, 1.165) is 64.6 Å². The van der Waals surface area contributed by atoms with Crippen molar-refractivity contribution in [2.75, 3.05) is 27.3 Å². The molecule has 7 heteroatoms. The van der Waals surface area contributed by atoms with Crippen molar-refractivity contribution in [3.05, 3.63) is 46.5 Å². The number of carbonyl (C=O) groups is 1. The van der Waals surface area contributed by atoms with Crippen LogP contribution in [0.5, 0.6) is 11.5 Å². The van der Waals surface area contributed by atoms with Crippen LogP contribution in [-0.2, 0) is 24.1 Å². The van der Waals surface area contributed by atoms with Crippen molar-refractivity contribution in [2.45, 2.75) is 52.7 Å². The molecule has 0 aliphatic carbocycles. The van der Waals surface area contributed by atoms with Crippen molar-refractivity contribution >= 4 is 17.3 Å². The monoisotopic (exact) mass is 482 g/mol. The van der Waals surface area contributed by atoms with Crippen LogP contribution in [0.1, 0.15) is 48.8 Å². The summed E-state index contributed by atoms with van der Waals surface area (Å²) in [7, 11) is 3.63. The topological polar surface area (TPSA) is 61.7 Å². The summed E-state index contributed by atoms with van der Waals surface area (Å²) in [4.78, 5) is 14.4. The molecule has 0 bridgehead atoms. The Bertz CT molecular complexity index is 1150. The Hall–Kier alpha value is -2.77. The van der Waals surface area contributed by atoms with E-state index < -0.39 is 0 Å². The van der Waals surface area contributed by atoms with Gasteiger partial charge in [0.2, 0.25) is 0 Å². The molecule has 6 nitrogen and oxygen atoms in total. The first-order chi connectivity index (χ1) is 16.5. The van der Waals surface area contributed by atoms with Gasteiger partial charge in [0, 0.05) is 22.5 Å². The maximum absolute atomic E-state index is 13.3. The lowest BCUT2D eigenvalue weighted by Crippen LogP contribution is -2.19. The van der Waals surface area contributed by atoms with Crippen molar-refractivity contribution in [2.24, 2.45) is 0 Å². The zero-order valence-electron chi connectivity index (χ0n) is 20.7. The SMILES string of the molecule is CCOC(=O)c1c(CCCNC)c(-c2cccs2)c2n1CCc1cc(OC)c(OC(C)C)cc1-2. The quantitative estimate of drug-likeness (QED) is 0.303. The number of hydrogen-bond acceptors (Lipinski definition) is 6. The highest BCUT2D eigenvalue weighted by Gasteiger charge is 2.33. The summed E-state index contributed by atoms with van der Waals surface area (Å²) in [5.74, 6) is 1.21. The molecule has 3 heterocycles. The molecule has 1 aromatic carbocycles. The lowest BCUT2D eigenvalue weighted by Gasteiger charge is -2.24. The molecule has 3 aromatic rings. The Morgan fingerprint density at radius 1 is 1.26 bits per heavy atom. The van der Waals surface area contributed by atoms with Crippen LogP contribution in [-0.4, -0.2) is 43.9 Å². The molecule has 0 saturated carbocycles. The Morgan fingerprint density at radius 2 is 2.09 bits per heavy atom. The molecule has 2 aromatic heterocycles. The second-order valence-corrected chi connectivity index (χ2v) is 9.63. The molecule has 182 valence electrons. The summed E-state index contributed by atoms with van der Waals surface area (Å²) >= 11 is 1.70.